The molecule has 0 aliphatic heterocycles. The van der Waals surface area contributed by atoms with E-state index in [0.717, 1.165) is 13.0 Å². The summed E-state index contributed by atoms with van der Waals surface area (Å²) in [4.78, 5) is 0. The first-order valence-corrected chi connectivity index (χ1v) is 14.4. The molecule has 236 valence electrons. The predicted octanol–water partition coefficient (Wildman–Crippen LogP) is 2.63. The van der Waals surface area contributed by atoms with E-state index in [9.17, 15) is 0 Å². The quantitative estimate of drug-likeness (QED) is 0.109. The molecule has 0 atom stereocenters. The Kier molecular flexibility index (Phi) is 31.7. The lowest BCUT2D eigenvalue weighted by Gasteiger charge is -2.17. The molecular weight excluding hydrogens is 512 g/mol. The SMILES string of the molecule is CCOCCOCCOCCOCCOCCOCCOCCOCCOCCOCCOCCC(C)(C)C. The average Bonchev–Trinajstić information content (AvgIpc) is 2.90. The molecule has 0 aromatic carbocycles. The Hall–Kier alpha value is -0.440. The molecule has 0 heterocycles. The van der Waals surface area contributed by atoms with Crippen LogP contribution in [0.5, 0.6) is 0 Å². The van der Waals surface area contributed by atoms with E-state index in [0.29, 0.717) is 144 Å². The maximum atomic E-state index is 5.55. The first-order chi connectivity index (χ1) is 19.1. The van der Waals surface area contributed by atoms with E-state index in [2.05, 4.69) is 20.8 Å². The van der Waals surface area contributed by atoms with Crippen molar-refractivity contribution in [3.63, 3.8) is 0 Å². The summed E-state index contributed by atoms with van der Waals surface area (Å²) in [6, 6.07) is 0. The van der Waals surface area contributed by atoms with E-state index in [4.69, 9.17) is 52.1 Å². The van der Waals surface area contributed by atoms with Crippen molar-refractivity contribution in [1.82, 2.24) is 0 Å². The molecular formula is C28H58O11. The van der Waals surface area contributed by atoms with Gasteiger partial charge in [0.1, 0.15) is 0 Å². The van der Waals surface area contributed by atoms with Gasteiger partial charge in [-0.25, -0.2) is 0 Å². The van der Waals surface area contributed by atoms with Crippen LogP contribution in [-0.4, -0.2) is 145 Å². The third-order valence-electron chi connectivity index (χ3n) is 4.92. The van der Waals surface area contributed by atoms with Gasteiger partial charge in [0.05, 0.1) is 132 Å². The molecule has 11 nitrogen and oxygen atoms in total. The van der Waals surface area contributed by atoms with Crippen molar-refractivity contribution in [2.45, 2.75) is 34.1 Å². The zero-order chi connectivity index (χ0) is 28.5. The van der Waals surface area contributed by atoms with Gasteiger partial charge in [-0.1, -0.05) is 20.8 Å². The Morgan fingerprint density at radius 1 is 0.282 bits per heavy atom. The summed E-state index contributed by atoms with van der Waals surface area (Å²) in [6.07, 6.45) is 1.05. The van der Waals surface area contributed by atoms with Gasteiger partial charge in [0.15, 0.2) is 0 Å². The summed E-state index contributed by atoms with van der Waals surface area (Å²) in [6.45, 7) is 21.1. The van der Waals surface area contributed by atoms with E-state index >= 15 is 0 Å². The second-order valence-electron chi connectivity index (χ2n) is 9.63. The molecule has 0 saturated carbocycles. The lowest BCUT2D eigenvalue weighted by Crippen LogP contribution is -2.15. The maximum Gasteiger partial charge on any atom is 0.0701 e. The maximum absolute atomic E-state index is 5.55. The van der Waals surface area contributed by atoms with Crippen LogP contribution in [0.3, 0.4) is 0 Å². The Bertz CT molecular complexity index is 450. The zero-order valence-electron chi connectivity index (χ0n) is 25.3. The Balaban J connectivity index is 3.04. The van der Waals surface area contributed by atoms with Crippen molar-refractivity contribution in [3.8, 4) is 0 Å². The van der Waals surface area contributed by atoms with E-state index in [-0.39, 0.29) is 0 Å². The van der Waals surface area contributed by atoms with Crippen molar-refractivity contribution < 1.29 is 52.1 Å². The standard InChI is InChI=1S/C28H58O11/c1-5-29-8-9-31-12-13-33-16-17-35-20-21-37-24-25-39-27-26-38-23-22-36-19-18-34-15-14-32-11-10-30-7-6-28(2,3)4/h5-27H2,1-4H3. The second kappa shape index (κ2) is 32.1. The molecule has 0 spiro atoms. The largest absolute Gasteiger partial charge is 0.379 e. The van der Waals surface area contributed by atoms with Crippen LogP contribution < -0.4 is 0 Å². The Labute approximate surface area is 237 Å². The fraction of sp³-hybridized carbons (Fsp3) is 1.00. The molecule has 39 heavy (non-hydrogen) atoms. The van der Waals surface area contributed by atoms with Crippen LogP contribution in [0.15, 0.2) is 0 Å². The molecule has 0 aliphatic carbocycles. The highest BCUT2D eigenvalue weighted by atomic mass is 16.6. The summed E-state index contributed by atoms with van der Waals surface area (Å²) in [5, 5.41) is 0. The van der Waals surface area contributed by atoms with Crippen molar-refractivity contribution in [2.24, 2.45) is 5.41 Å². The molecule has 0 bridgehead atoms. The van der Waals surface area contributed by atoms with Crippen LogP contribution >= 0.6 is 0 Å². The smallest absolute Gasteiger partial charge is 0.0701 e. The van der Waals surface area contributed by atoms with Crippen molar-refractivity contribution >= 4 is 0 Å². The normalized spacial score (nSPS) is 12.0. The number of hydrogen-bond acceptors (Lipinski definition) is 11. The summed E-state index contributed by atoms with van der Waals surface area (Å²) in [5.41, 5.74) is 0.308. The lowest BCUT2D eigenvalue weighted by molar-refractivity contribution is -0.0275. The topological polar surface area (TPSA) is 102 Å². The summed E-state index contributed by atoms with van der Waals surface area (Å²) < 4.78 is 59.8. The number of hydrogen-bond donors (Lipinski definition) is 0. The minimum Gasteiger partial charge on any atom is -0.379 e. The second-order valence-corrected chi connectivity index (χ2v) is 9.63. The van der Waals surface area contributed by atoms with Gasteiger partial charge in [-0.15, -0.1) is 0 Å². The van der Waals surface area contributed by atoms with Crippen LogP contribution in [0, 0.1) is 5.41 Å². The van der Waals surface area contributed by atoms with Gasteiger partial charge in [0.25, 0.3) is 0 Å². The first kappa shape index (κ1) is 38.6. The van der Waals surface area contributed by atoms with E-state index < -0.39 is 0 Å². The third-order valence-corrected chi connectivity index (χ3v) is 4.92. The van der Waals surface area contributed by atoms with Gasteiger partial charge in [-0.05, 0) is 18.8 Å². The van der Waals surface area contributed by atoms with Crippen molar-refractivity contribution in [3.05, 3.63) is 0 Å². The van der Waals surface area contributed by atoms with Crippen LogP contribution in [0.1, 0.15) is 34.1 Å². The highest BCUT2D eigenvalue weighted by molar-refractivity contribution is 4.59. The van der Waals surface area contributed by atoms with E-state index in [1.54, 1.807) is 0 Å². The zero-order valence-corrected chi connectivity index (χ0v) is 25.3. The van der Waals surface area contributed by atoms with Crippen LogP contribution in [-0.2, 0) is 52.1 Å². The van der Waals surface area contributed by atoms with E-state index in [1.807, 2.05) is 6.92 Å². The van der Waals surface area contributed by atoms with Gasteiger partial charge >= 0.3 is 0 Å². The minimum atomic E-state index is 0.308. The third kappa shape index (κ3) is 37.6. The van der Waals surface area contributed by atoms with Gasteiger partial charge in [0.2, 0.25) is 0 Å². The summed E-state index contributed by atoms with van der Waals surface area (Å²) in [5.74, 6) is 0. The number of rotatable bonds is 33. The molecule has 0 aliphatic rings. The molecule has 0 aromatic rings. The molecule has 0 radical (unpaired) electrons. The fourth-order valence-corrected chi connectivity index (χ4v) is 2.72. The molecule has 0 N–H and O–H groups in total. The van der Waals surface area contributed by atoms with E-state index in [1.165, 1.54) is 0 Å². The Morgan fingerprint density at radius 3 is 0.641 bits per heavy atom. The highest BCUT2D eigenvalue weighted by Crippen LogP contribution is 2.17. The van der Waals surface area contributed by atoms with Crippen LogP contribution in [0.25, 0.3) is 0 Å². The lowest BCUT2D eigenvalue weighted by atomic mass is 9.93. The van der Waals surface area contributed by atoms with Gasteiger partial charge in [-0.2, -0.15) is 0 Å². The molecule has 0 aromatic heterocycles. The van der Waals surface area contributed by atoms with Crippen LogP contribution in [0.2, 0.25) is 0 Å². The molecule has 0 rings (SSSR count). The molecule has 0 saturated heterocycles. The monoisotopic (exact) mass is 570 g/mol. The summed E-state index contributed by atoms with van der Waals surface area (Å²) in [7, 11) is 0. The average molecular weight is 571 g/mol. The molecule has 0 amide bonds. The first-order valence-electron chi connectivity index (χ1n) is 14.4. The van der Waals surface area contributed by atoms with Gasteiger partial charge < -0.3 is 52.1 Å². The Morgan fingerprint density at radius 2 is 0.462 bits per heavy atom. The molecule has 0 fully saturated rings. The van der Waals surface area contributed by atoms with Gasteiger partial charge in [-0.3, -0.25) is 0 Å². The minimum absolute atomic E-state index is 0.308. The summed E-state index contributed by atoms with van der Waals surface area (Å²) >= 11 is 0. The predicted molar refractivity (Wildman–Crippen MR) is 149 cm³/mol. The van der Waals surface area contributed by atoms with Crippen molar-refractivity contribution in [1.29, 1.82) is 0 Å². The molecule has 0 unspecified atom stereocenters. The highest BCUT2D eigenvalue weighted by Gasteiger charge is 2.08. The molecule has 11 heteroatoms. The fourth-order valence-electron chi connectivity index (χ4n) is 2.72. The van der Waals surface area contributed by atoms with Crippen LogP contribution in [0.4, 0.5) is 0 Å². The van der Waals surface area contributed by atoms with Gasteiger partial charge in [0, 0.05) is 13.2 Å². The van der Waals surface area contributed by atoms with Crippen molar-refractivity contribution in [2.75, 3.05) is 145 Å². The number of ether oxygens (including phenoxy) is 11.